The molecule has 0 fully saturated rings. The van der Waals surface area contributed by atoms with Crippen LogP contribution in [0.5, 0.6) is 5.75 Å². The molecule has 9 heteroatoms. The Bertz CT molecular complexity index is 986. The van der Waals surface area contributed by atoms with Crippen molar-refractivity contribution in [2.45, 2.75) is 6.61 Å². The van der Waals surface area contributed by atoms with Crippen LogP contribution in [0, 0.1) is 10.1 Å². The molecule has 0 spiro atoms. The van der Waals surface area contributed by atoms with Crippen molar-refractivity contribution in [3.63, 3.8) is 0 Å². The molecule has 3 rings (SSSR count). The number of para-hydroxylation sites is 2. The van der Waals surface area contributed by atoms with E-state index in [2.05, 4.69) is 5.32 Å². The van der Waals surface area contributed by atoms with Crippen molar-refractivity contribution >= 4 is 51.8 Å². The van der Waals surface area contributed by atoms with E-state index in [1.165, 1.54) is 23.5 Å². The number of ether oxygens (including phenoxy) is 1. The summed E-state index contributed by atoms with van der Waals surface area (Å²) >= 11 is 13.1. The first kappa shape index (κ1) is 19.2. The molecule has 0 aliphatic heterocycles. The smallest absolute Gasteiger partial charge is 0.310 e. The zero-order chi connectivity index (χ0) is 19.4. The third-order valence-corrected chi connectivity index (χ3v) is 4.87. The average molecular weight is 423 g/mol. The first-order chi connectivity index (χ1) is 12.9. The van der Waals surface area contributed by atoms with Gasteiger partial charge in [0.2, 0.25) is 0 Å². The van der Waals surface area contributed by atoms with Crippen LogP contribution in [-0.4, -0.2) is 10.8 Å². The predicted octanol–water partition coefficient (Wildman–Crippen LogP) is 5.79. The van der Waals surface area contributed by atoms with Gasteiger partial charge in [-0.1, -0.05) is 35.3 Å². The number of carbonyl (C=O) groups excluding carboxylic acids is 1. The van der Waals surface area contributed by atoms with Gasteiger partial charge in [0.1, 0.15) is 6.61 Å². The van der Waals surface area contributed by atoms with Crippen molar-refractivity contribution in [1.82, 2.24) is 0 Å². The minimum absolute atomic E-state index is 0.108. The summed E-state index contributed by atoms with van der Waals surface area (Å²) in [5, 5.41) is 16.3. The number of thiophene rings is 1. The molecule has 0 saturated heterocycles. The molecule has 1 aromatic heterocycles. The largest absolute Gasteiger partial charge is 0.482 e. The molecule has 0 aliphatic rings. The van der Waals surface area contributed by atoms with Gasteiger partial charge in [0.25, 0.3) is 5.91 Å². The zero-order valence-electron chi connectivity index (χ0n) is 13.6. The summed E-state index contributed by atoms with van der Waals surface area (Å²) < 4.78 is 5.53. The number of hydrogen-bond donors (Lipinski definition) is 1. The first-order valence-corrected chi connectivity index (χ1v) is 9.27. The minimum atomic E-state index is -0.502. The summed E-state index contributed by atoms with van der Waals surface area (Å²) in [5.41, 5.74) is 1.11. The van der Waals surface area contributed by atoms with Crippen LogP contribution >= 0.6 is 34.5 Å². The van der Waals surface area contributed by atoms with E-state index in [1.54, 1.807) is 41.8 Å². The minimum Gasteiger partial charge on any atom is -0.482 e. The fourth-order valence-electron chi connectivity index (χ4n) is 2.28. The highest BCUT2D eigenvalue weighted by Gasteiger charge is 2.15. The quantitative estimate of drug-likeness (QED) is 0.402. The topological polar surface area (TPSA) is 81.5 Å². The van der Waals surface area contributed by atoms with Gasteiger partial charge < -0.3 is 10.1 Å². The van der Waals surface area contributed by atoms with E-state index in [1.807, 2.05) is 0 Å². The molecule has 6 nitrogen and oxygen atoms in total. The number of nitrogens with one attached hydrogen (secondary N) is 1. The van der Waals surface area contributed by atoms with Gasteiger partial charge in [0, 0.05) is 27.4 Å². The Labute approximate surface area is 168 Å². The molecule has 3 aromatic rings. The van der Waals surface area contributed by atoms with Crippen molar-refractivity contribution in [2.75, 3.05) is 5.32 Å². The molecule has 0 unspecified atom stereocenters. The number of nitro groups is 1. The summed E-state index contributed by atoms with van der Waals surface area (Å²) in [4.78, 5) is 23.3. The number of benzene rings is 2. The van der Waals surface area contributed by atoms with E-state index in [-0.39, 0.29) is 24.0 Å². The fourth-order valence-corrected chi connectivity index (χ4v) is 3.60. The molecule has 1 amide bonds. The maximum Gasteiger partial charge on any atom is 0.310 e. The molecule has 0 atom stereocenters. The first-order valence-electron chi connectivity index (χ1n) is 7.63. The van der Waals surface area contributed by atoms with E-state index in [0.717, 1.165) is 5.56 Å². The van der Waals surface area contributed by atoms with Gasteiger partial charge in [0.15, 0.2) is 5.75 Å². The van der Waals surface area contributed by atoms with Gasteiger partial charge in [-0.05, 0) is 35.7 Å². The molecule has 0 saturated carbocycles. The van der Waals surface area contributed by atoms with E-state index in [0.29, 0.717) is 20.6 Å². The van der Waals surface area contributed by atoms with Crippen molar-refractivity contribution in [3.8, 4) is 5.75 Å². The van der Waals surface area contributed by atoms with Crippen molar-refractivity contribution in [3.05, 3.63) is 84.5 Å². The number of anilines is 1. The van der Waals surface area contributed by atoms with E-state index in [4.69, 9.17) is 27.9 Å². The second-order valence-electron chi connectivity index (χ2n) is 5.44. The van der Waals surface area contributed by atoms with Crippen LogP contribution in [0.3, 0.4) is 0 Å². The highest BCUT2D eigenvalue weighted by atomic mass is 35.5. The van der Waals surface area contributed by atoms with Crippen molar-refractivity contribution < 1.29 is 14.5 Å². The lowest BCUT2D eigenvalue weighted by molar-refractivity contribution is -0.385. The predicted molar refractivity (Wildman–Crippen MR) is 106 cm³/mol. The highest BCUT2D eigenvalue weighted by Crippen LogP contribution is 2.28. The number of nitrogens with zero attached hydrogens (tertiary/aromatic N) is 1. The number of nitro benzene ring substituents is 1. The Kier molecular flexibility index (Phi) is 5.95. The SMILES string of the molecule is O=C(Nc1cc(Cl)cc(Cl)c1)c1cc(COc2ccccc2[N+](=O)[O-])cs1. The summed E-state index contributed by atoms with van der Waals surface area (Å²) in [6.07, 6.45) is 0. The lowest BCUT2D eigenvalue weighted by Crippen LogP contribution is -2.10. The number of amides is 1. The summed E-state index contributed by atoms with van der Waals surface area (Å²) in [6, 6.07) is 12.6. The van der Waals surface area contributed by atoms with Gasteiger partial charge in [0.05, 0.1) is 9.80 Å². The van der Waals surface area contributed by atoms with Crippen LogP contribution in [0.25, 0.3) is 0 Å². The van der Waals surface area contributed by atoms with E-state index >= 15 is 0 Å². The average Bonchev–Trinajstić information content (AvgIpc) is 3.08. The molecule has 0 bridgehead atoms. The van der Waals surface area contributed by atoms with Gasteiger partial charge in [-0.2, -0.15) is 0 Å². The molecule has 0 aliphatic carbocycles. The standard InChI is InChI=1S/C18H12Cl2N2O4S/c19-12-6-13(20)8-14(7-12)21-18(23)17-5-11(10-27-17)9-26-16-4-2-1-3-15(16)22(24)25/h1-8,10H,9H2,(H,21,23). The van der Waals surface area contributed by atoms with Crippen LogP contribution in [0.4, 0.5) is 11.4 Å². The highest BCUT2D eigenvalue weighted by molar-refractivity contribution is 7.12. The summed E-state index contributed by atoms with van der Waals surface area (Å²) in [6.45, 7) is 0.109. The maximum absolute atomic E-state index is 12.4. The van der Waals surface area contributed by atoms with Gasteiger partial charge in [-0.25, -0.2) is 0 Å². The summed E-state index contributed by atoms with van der Waals surface area (Å²) in [7, 11) is 0. The Morgan fingerprint density at radius 2 is 1.85 bits per heavy atom. The van der Waals surface area contributed by atoms with Crippen LogP contribution in [0.1, 0.15) is 15.2 Å². The Morgan fingerprint density at radius 3 is 2.56 bits per heavy atom. The lowest BCUT2D eigenvalue weighted by atomic mass is 10.3. The van der Waals surface area contributed by atoms with Gasteiger partial charge >= 0.3 is 5.69 Å². The third-order valence-electron chi connectivity index (χ3n) is 3.45. The number of halogens is 2. The number of hydrogen-bond acceptors (Lipinski definition) is 5. The van der Waals surface area contributed by atoms with Crippen LogP contribution in [0.2, 0.25) is 10.0 Å². The molecular weight excluding hydrogens is 411 g/mol. The summed E-state index contributed by atoms with van der Waals surface area (Å²) in [5.74, 6) is -0.136. The third kappa shape index (κ3) is 4.97. The Balaban J connectivity index is 1.66. The van der Waals surface area contributed by atoms with Crippen LogP contribution in [-0.2, 0) is 6.61 Å². The van der Waals surface area contributed by atoms with Crippen molar-refractivity contribution in [2.24, 2.45) is 0 Å². The molecular formula is C18H12Cl2N2O4S. The van der Waals surface area contributed by atoms with Crippen LogP contribution < -0.4 is 10.1 Å². The monoisotopic (exact) mass is 422 g/mol. The van der Waals surface area contributed by atoms with E-state index < -0.39 is 4.92 Å². The Hall–Kier alpha value is -2.61. The van der Waals surface area contributed by atoms with Gasteiger partial charge in [-0.3, -0.25) is 14.9 Å². The van der Waals surface area contributed by atoms with E-state index in [9.17, 15) is 14.9 Å². The molecule has 2 aromatic carbocycles. The van der Waals surface area contributed by atoms with Crippen molar-refractivity contribution in [1.29, 1.82) is 0 Å². The molecule has 138 valence electrons. The van der Waals surface area contributed by atoms with Gasteiger partial charge in [-0.15, -0.1) is 11.3 Å². The lowest BCUT2D eigenvalue weighted by Gasteiger charge is -2.05. The number of carbonyl (C=O) groups is 1. The second kappa shape index (κ2) is 8.39. The molecule has 1 N–H and O–H groups in total. The maximum atomic E-state index is 12.4. The second-order valence-corrected chi connectivity index (χ2v) is 7.23. The Morgan fingerprint density at radius 1 is 1.15 bits per heavy atom. The fraction of sp³-hybridized carbons (Fsp3) is 0.0556. The molecule has 0 radical (unpaired) electrons. The van der Waals surface area contributed by atoms with Crippen LogP contribution in [0.15, 0.2) is 53.9 Å². The molecule has 1 heterocycles. The zero-order valence-corrected chi connectivity index (χ0v) is 16.0. The number of rotatable bonds is 6. The molecule has 27 heavy (non-hydrogen) atoms. The normalized spacial score (nSPS) is 10.4.